The molecular formula is C12H14NO. The second-order valence-corrected chi connectivity index (χ2v) is 3.74. The Kier molecular flexibility index (Phi) is 2.94. The van der Waals surface area contributed by atoms with Crippen molar-refractivity contribution in [1.82, 2.24) is 5.32 Å². The van der Waals surface area contributed by atoms with E-state index in [2.05, 4.69) is 17.4 Å². The smallest absolute Gasteiger partial charge is 0.135 e. The van der Waals surface area contributed by atoms with Gasteiger partial charge in [-0.2, -0.15) is 0 Å². The number of hydrogen-bond acceptors (Lipinski definition) is 1. The summed E-state index contributed by atoms with van der Waals surface area (Å²) in [5, 5.41) is 4.45. The van der Waals surface area contributed by atoms with Gasteiger partial charge in [-0.15, -0.1) is 0 Å². The van der Waals surface area contributed by atoms with Crippen LogP contribution in [0.5, 0.6) is 0 Å². The zero-order valence-corrected chi connectivity index (χ0v) is 8.15. The third kappa shape index (κ3) is 2.42. The minimum atomic E-state index is 0.221. The lowest BCUT2D eigenvalue weighted by Gasteiger charge is -2.20. The molecule has 1 radical (unpaired) electrons. The maximum absolute atomic E-state index is 11.2. The van der Waals surface area contributed by atoms with Crippen LogP contribution in [0.15, 0.2) is 30.3 Å². The number of rotatable bonds is 2. The van der Waals surface area contributed by atoms with Crippen LogP contribution in [0.3, 0.4) is 0 Å². The molecule has 0 aromatic heterocycles. The van der Waals surface area contributed by atoms with E-state index in [1.165, 1.54) is 5.56 Å². The molecule has 73 valence electrons. The summed E-state index contributed by atoms with van der Waals surface area (Å²) in [4.78, 5) is 11.2. The van der Waals surface area contributed by atoms with Crippen molar-refractivity contribution < 1.29 is 4.79 Å². The third-order valence-electron chi connectivity index (χ3n) is 2.56. The number of piperidine rings is 1. The van der Waals surface area contributed by atoms with Crippen molar-refractivity contribution in [3.05, 3.63) is 35.9 Å². The highest BCUT2D eigenvalue weighted by Gasteiger charge is 2.19. The van der Waals surface area contributed by atoms with Gasteiger partial charge in [-0.1, -0.05) is 30.3 Å². The molecule has 1 aliphatic rings. The monoisotopic (exact) mass is 188 g/mol. The Morgan fingerprint density at radius 3 is 2.79 bits per heavy atom. The number of benzene rings is 1. The fraction of sp³-hybridized carbons (Fsp3) is 0.417. The molecule has 1 heterocycles. The van der Waals surface area contributed by atoms with Gasteiger partial charge in [0.1, 0.15) is 5.78 Å². The van der Waals surface area contributed by atoms with Crippen LogP contribution in [0.1, 0.15) is 18.4 Å². The predicted octanol–water partition coefficient (Wildman–Crippen LogP) is 1.56. The van der Waals surface area contributed by atoms with Gasteiger partial charge in [0, 0.05) is 25.4 Å². The number of nitrogens with zero attached hydrogens (tertiary/aromatic N) is 1. The highest BCUT2D eigenvalue weighted by Crippen LogP contribution is 2.11. The Hall–Kier alpha value is -1.15. The van der Waals surface area contributed by atoms with E-state index in [1.807, 2.05) is 18.2 Å². The molecule has 1 unspecified atom stereocenters. The Balaban J connectivity index is 1.94. The molecule has 2 nitrogen and oxygen atoms in total. The van der Waals surface area contributed by atoms with Gasteiger partial charge in [0.25, 0.3) is 0 Å². The molecule has 0 aliphatic carbocycles. The molecule has 0 bridgehead atoms. The van der Waals surface area contributed by atoms with E-state index in [9.17, 15) is 4.79 Å². The summed E-state index contributed by atoms with van der Waals surface area (Å²) >= 11 is 0. The summed E-state index contributed by atoms with van der Waals surface area (Å²) in [5.74, 6) is 0.362. The first-order valence-corrected chi connectivity index (χ1v) is 5.07. The normalized spacial score (nSPS) is 22.3. The molecule has 2 heteroatoms. The standard InChI is InChI=1S/C12H14NO/c14-12-6-7-13-11(9-12)8-10-4-2-1-3-5-10/h1-5,11H,6-9H2. The van der Waals surface area contributed by atoms with Crippen molar-refractivity contribution in [2.75, 3.05) is 6.54 Å². The number of Topliss-reactive ketones (excluding diaryl/α,β-unsaturated/α-hetero) is 1. The lowest BCUT2D eigenvalue weighted by molar-refractivity contribution is -0.120. The average molecular weight is 188 g/mol. The summed E-state index contributed by atoms with van der Waals surface area (Å²) in [5.41, 5.74) is 1.27. The summed E-state index contributed by atoms with van der Waals surface area (Å²) in [6, 6.07) is 10.5. The molecule has 0 amide bonds. The van der Waals surface area contributed by atoms with Crippen molar-refractivity contribution in [1.29, 1.82) is 0 Å². The van der Waals surface area contributed by atoms with E-state index >= 15 is 0 Å². The number of ketones is 1. The summed E-state index contributed by atoms with van der Waals surface area (Å²) in [6.07, 6.45) is 2.19. The maximum atomic E-state index is 11.2. The quantitative estimate of drug-likeness (QED) is 0.693. The maximum Gasteiger partial charge on any atom is 0.135 e. The van der Waals surface area contributed by atoms with Crippen molar-refractivity contribution >= 4 is 5.78 Å². The molecule has 1 saturated heterocycles. The van der Waals surface area contributed by atoms with Crippen LogP contribution in [-0.2, 0) is 11.2 Å². The van der Waals surface area contributed by atoms with Crippen LogP contribution in [0.4, 0.5) is 0 Å². The molecule has 2 rings (SSSR count). The Bertz CT molecular complexity index is 307. The van der Waals surface area contributed by atoms with Crippen molar-refractivity contribution in [3.63, 3.8) is 0 Å². The van der Waals surface area contributed by atoms with E-state index in [-0.39, 0.29) is 6.04 Å². The van der Waals surface area contributed by atoms with Gasteiger partial charge in [0.05, 0.1) is 0 Å². The molecule has 1 fully saturated rings. The van der Waals surface area contributed by atoms with Gasteiger partial charge in [-0.3, -0.25) is 4.79 Å². The molecule has 1 aromatic rings. The van der Waals surface area contributed by atoms with Gasteiger partial charge in [-0.05, 0) is 12.0 Å². The number of carbonyl (C=O) groups is 1. The van der Waals surface area contributed by atoms with Crippen molar-refractivity contribution in [2.45, 2.75) is 25.3 Å². The second-order valence-electron chi connectivity index (χ2n) is 3.74. The van der Waals surface area contributed by atoms with Gasteiger partial charge in [0.15, 0.2) is 0 Å². The Morgan fingerprint density at radius 2 is 2.07 bits per heavy atom. The van der Waals surface area contributed by atoms with Gasteiger partial charge in [-0.25, -0.2) is 5.32 Å². The topological polar surface area (TPSA) is 31.2 Å². The zero-order chi connectivity index (χ0) is 9.80. The van der Waals surface area contributed by atoms with Crippen LogP contribution < -0.4 is 5.32 Å². The molecule has 1 aromatic carbocycles. The lowest BCUT2D eigenvalue weighted by atomic mass is 9.97. The highest BCUT2D eigenvalue weighted by atomic mass is 16.1. The molecule has 1 aliphatic heterocycles. The molecule has 0 N–H and O–H groups in total. The van der Waals surface area contributed by atoms with Gasteiger partial charge in [0.2, 0.25) is 0 Å². The van der Waals surface area contributed by atoms with Crippen LogP contribution >= 0.6 is 0 Å². The number of carbonyl (C=O) groups excluding carboxylic acids is 1. The first-order chi connectivity index (χ1) is 6.84. The fourth-order valence-electron chi connectivity index (χ4n) is 1.82. The predicted molar refractivity (Wildman–Crippen MR) is 55.2 cm³/mol. The average Bonchev–Trinajstić information content (AvgIpc) is 2.19. The summed E-state index contributed by atoms with van der Waals surface area (Å²) in [7, 11) is 0. The van der Waals surface area contributed by atoms with E-state index < -0.39 is 0 Å². The van der Waals surface area contributed by atoms with Gasteiger partial charge >= 0.3 is 0 Å². The van der Waals surface area contributed by atoms with E-state index in [4.69, 9.17) is 0 Å². The summed E-state index contributed by atoms with van der Waals surface area (Å²) < 4.78 is 0. The fourth-order valence-corrected chi connectivity index (χ4v) is 1.82. The van der Waals surface area contributed by atoms with Crippen LogP contribution in [0, 0.1) is 0 Å². The van der Waals surface area contributed by atoms with Crippen molar-refractivity contribution in [3.8, 4) is 0 Å². The SMILES string of the molecule is O=C1CC[N]C(Cc2ccccc2)C1. The first kappa shape index (κ1) is 9.41. The third-order valence-corrected chi connectivity index (χ3v) is 2.56. The van der Waals surface area contributed by atoms with E-state index in [1.54, 1.807) is 0 Å². The Morgan fingerprint density at radius 1 is 1.29 bits per heavy atom. The zero-order valence-electron chi connectivity index (χ0n) is 8.15. The first-order valence-electron chi connectivity index (χ1n) is 5.07. The molecule has 1 atom stereocenters. The van der Waals surface area contributed by atoms with E-state index in [0.717, 1.165) is 13.0 Å². The summed E-state index contributed by atoms with van der Waals surface area (Å²) in [6.45, 7) is 0.719. The minimum Gasteiger partial charge on any atom is -0.300 e. The van der Waals surface area contributed by atoms with Crippen LogP contribution in [-0.4, -0.2) is 18.4 Å². The molecule has 0 spiro atoms. The molecular weight excluding hydrogens is 174 g/mol. The largest absolute Gasteiger partial charge is 0.300 e. The number of hydrogen-bond donors (Lipinski definition) is 0. The molecule has 14 heavy (non-hydrogen) atoms. The van der Waals surface area contributed by atoms with Crippen LogP contribution in [0.2, 0.25) is 0 Å². The lowest BCUT2D eigenvalue weighted by Crippen LogP contribution is -2.34. The Labute approximate surface area is 84.3 Å². The van der Waals surface area contributed by atoms with Gasteiger partial charge < -0.3 is 0 Å². The van der Waals surface area contributed by atoms with Crippen LogP contribution in [0.25, 0.3) is 0 Å². The molecule has 0 saturated carbocycles. The van der Waals surface area contributed by atoms with E-state index in [0.29, 0.717) is 18.6 Å². The second kappa shape index (κ2) is 4.38. The minimum absolute atomic E-state index is 0.221. The van der Waals surface area contributed by atoms with Crippen molar-refractivity contribution in [2.24, 2.45) is 0 Å². The highest BCUT2D eigenvalue weighted by molar-refractivity contribution is 5.80.